The third kappa shape index (κ3) is 18.1. The summed E-state index contributed by atoms with van der Waals surface area (Å²) < 4.78 is 48.4. The van der Waals surface area contributed by atoms with Crippen molar-refractivity contribution < 1.29 is 51.4 Å². The Labute approximate surface area is 582 Å². The van der Waals surface area contributed by atoms with Crippen LogP contribution in [0.3, 0.4) is 0 Å². The predicted octanol–water partition coefficient (Wildman–Crippen LogP) is 17.3. The number of hydrogen-bond donors (Lipinski definition) is 5. The molecule has 14 rings (SSSR count). The molecule has 0 aliphatic rings. The number of nitro benzene ring substituents is 1. The van der Waals surface area contributed by atoms with Crippen molar-refractivity contribution in [3.8, 4) is 68.4 Å². The lowest BCUT2D eigenvalue weighted by molar-refractivity contribution is -0.384. The molecule has 0 atom stereocenters. The Morgan fingerprint density at radius 1 is 0.505 bits per heavy atom. The lowest BCUT2D eigenvalue weighted by Gasteiger charge is -2.09. The number of rotatable bonds is 24. The number of hydrogen-bond acceptors (Lipinski definition) is 17. The van der Waals surface area contributed by atoms with Gasteiger partial charge in [-0.3, -0.25) is 14.9 Å². The number of nitrogens with one attached hydrogen (secondary N) is 1. The van der Waals surface area contributed by atoms with E-state index in [4.69, 9.17) is 58.9 Å². The van der Waals surface area contributed by atoms with Gasteiger partial charge in [-0.25, -0.2) is 15.0 Å². The van der Waals surface area contributed by atoms with Crippen molar-refractivity contribution in [1.82, 2.24) is 24.5 Å². The first kappa shape index (κ1) is 69.6. The first-order chi connectivity index (χ1) is 49.1. The number of aromatic amines is 1. The number of benzene rings is 8. The van der Waals surface area contributed by atoms with Crippen molar-refractivity contribution in [1.29, 1.82) is 0 Å². The molecule has 21 nitrogen and oxygen atoms in total. The number of nitrogen functional groups attached to an aromatic ring is 3. The number of oxazole rings is 1. The molecule has 21 heteroatoms. The zero-order chi connectivity index (χ0) is 70.6. The van der Waals surface area contributed by atoms with E-state index in [0.717, 1.165) is 120 Å². The lowest BCUT2D eigenvalue weighted by Crippen LogP contribution is -2.05. The van der Waals surface area contributed by atoms with Gasteiger partial charge in [0, 0.05) is 60.5 Å². The predicted molar refractivity (Wildman–Crippen MR) is 391 cm³/mol. The molecule has 0 amide bonds. The molecule has 0 spiro atoms. The molecular formula is C80H77N9O12. The van der Waals surface area contributed by atoms with Crippen molar-refractivity contribution >= 4 is 50.8 Å². The van der Waals surface area contributed by atoms with E-state index in [9.17, 15) is 14.9 Å². The number of carboxylic acid groups (broad SMARTS) is 1. The maximum Gasteiger partial charge on any atom is 0.305 e. The summed E-state index contributed by atoms with van der Waals surface area (Å²) in [7, 11) is 0. The minimum atomic E-state index is -0.836. The molecule has 0 bridgehead atoms. The number of imidazole rings is 2. The van der Waals surface area contributed by atoms with E-state index in [1.807, 2.05) is 196 Å². The Hall–Kier alpha value is -12.8. The number of carboxylic acids is 1. The fourth-order valence-electron chi connectivity index (χ4n) is 11.1. The number of anilines is 3. The number of fused-ring (bicyclic) bond motifs is 2. The second-order valence-corrected chi connectivity index (χ2v) is 23.4. The number of ether oxygens (including phenoxy) is 4. The van der Waals surface area contributed by atoms with Gasteiger partial charge < -0.3 is 68.5 Å². The van der Waals surface area contributed by atoms with Gasteiger partial charge in [0.2, 0.25) is 5.89 Å². The van der Waals surface area contributed by atoms with Crippen LogP contribution >= 0.6 is 0 Å². The Balaban J connectivity index is 0.000000136. The second-order valence-electron chi connectivity index (χ2n) is 23.4. The summed E-state index contributed by atoms with van der Waals surface area (Å²) in [5.74, 6) is 8.23. The maximum atomic E-state index is 10.9. The van der Waals surface area contributed by atoms with E-state index < -0.39 is 10.9 Å². The van der Waals surface area contributed by atoms with Gasteiger partial charge >= 0.3 is 5.97 Å². The molecule has 6 heterocycles. The van der Waals surface area contributed by atoms with E-state index in [0.29, 0.717) is 80.3 Å². The normalized spacial score (nSPS) is 10.9. The van der Waals surface area contributed by atoms with Crippen LogP contribution in [0.5, 0.6) is 23.0 Å². The van der Waals surface area contributed by atoms with Crippen molar-refractivity contribution in [2.75, 3.05) is 43.6 Å². The number of H-pyrrole nitrogens is 1. The van der Waals surface area contributed by atoms with Gasteiger partial charge in [-0.1, -0.05) is 133 Å². The highest BCUT2D eigenvalue weighted by molar-refractivity contribution is 5.83. The van der Waals surface area contributed by atoms with Gasteiger partial charge in [0.1, 0.15) is 74.4 Å². The molecule has 0 saturated carbocycles. The van der Waals surface area contributed by atoms with Gasteiger partial charge in [-0.2, -0.15) is 0 Å². The zero-order valence-electron chi connectivity index (χ0n) is 56.3. The topological polar surface area (TPSA) is 307 Å². The van der Waals surface area contributed by atoms with Gasteiger partial charge in [0.15, 0.2) is 5.69 Å². The molecule has 0 aliphatic carbocycles. The highest BCUT2D eigenvalue weighted by Crippen LogP contribution is 2.34. The van der Waals surface area contributed by atoms with Crippen molar-refractivity contribution in [3.63, 3.8) is 0 Å². The summed E-state index contributed by atoms with van der Waals surface area (Å²) in [4.78, 5) is 37.6. The zero-order valence-corrected chi connectivity index (χ0v) is 56.3. The summed E-state index contributed by atoms with van der Waals surface area (Å²) in [6, 6.07) is 67.5. The van der Waals surface area contributed by atoms with Crippen LogP contribution < -0.4 is 36.1 Å². The molecule has 14 aromatic rings. The highest BCUT2D eigenvalue weighted by atomic mass is 16.6. The van der Waals surface area contributed by atoms with Gasteiger partial charge in [-0.15, -0.1) is 0 Å². The number of carbonyl (C=O) groups is 1. The SMILES string of the molecule is Cc1oc(-c2ccccc2)cc1CCOc1cccc(N)c1N.Cc1oc(-c2ccccc2)cc1CCOc1cccc([N+](=O)[O-])c1N.Cc1oc(-c2ccccc2)cc1CCOc1cccc2[nH]cnc12.Cc1oc(-c2ccccc2)nc1CCOc1cccc2c1ncn2CCC(=O)O. The number of aryl methyl sites for hydroxylation is 5. The maximum absolute atomic E-state index is 10.9. The first-order valence-corrected chi connectivity index (χ1v) is 32.9. The van der Waals surface area contributed by atoms with Crippen LogP contribution in [0, 0.1) is 37.8 Å². The van der Waals surface area contributed by atoms with E-state index in [1.165, 1.54) is 11.6 Å². The van der Waals surface area contributed by atoms with E-state index in [2.05, 4.69) is 44.2 Å². The molecule has 0 saturated heterocycles. The summed E-state index contributed by atoms with van der Waals surface area (Å²) in [5.41, 5.74) is 30.1. The van der Waals surface area contributed by atoms with Crippen LogP contribution in [-0.4, -0.2) is 66.9 Å². The van der Waals surface area contributed by atoms with Gasteiger partial charge in [-0.05, 0) is 117 Å². The van der Waals surface area contributed by atoms with E-state index in [1.54, 1.807) is 30.9 Å². The molecule has 0 unspecified atom stereocenters. The van der Waals surface area contributed by atoms with Crippen molar-refractivity contribution in [2.45, 2.75) is 66.3 Å². The van der Waals surface area contributed by atoms with Gasteiger partial charge in [0.05, 0.1) is 78.5 Å². The van der Waals surface area contributed by atoms with E-state index in [-0.39, 0.29) is 17.8 Å². The number of nitrogens with two attached hydrogens (primary N) is 3. The van der Waals surface area contributed by atoms with E-state index >= 15 is 0 Å². The summed E-state index contributed by atoms with van der Waals surface area (Å²) >= 11 is 0. The highest BCUT2D eigenvalue weighted by Gasteiger charge is 2.19. The summed E-state index contributed by atoms with van der Waals surface area (Å²) in [6.07, 6.45) is 6.14. The van der Waals surface area contributed by atoms with Crippen molar-refractivity contribution in [3.05, 3.63) is 281 Å². The third-order valence-electron chi connectivity index (χ3n) is 16.6. The van der Waals surface area contributed by atoms with Gasteiger partial charge in [0.25, 0.3) is 5.69 Å². The van der Waals surface area contributed by atoms with Crippen LogP contribution in [0.1, 0.15) is 51.8 Å². The second kappa shape index (κ2) is 33.5. The molecule has 0 fully saturated rings. The lowest BCUT2D eigenvalue weighted by atomic mass is 10.1. The van der Waals surface area contributed by atoms with Crippen LogP contribution in [0.4, 0.5) is 22.7 Å². The minimum absolute atomic E-state index is 0.0430. The Morgan fingerprint density at radius 2 is 0.950 bits per heavy atom. The number of para-hydroxylation sites is 4. The number of furan rings is 3. The smallest absolute Gasteiger partial charge is 0.305 e. The number of aromatic nitrogens is 5. The Morgan fingerprint density at radius 3 is 1.47 bits per heavy atom. The molecule has 514 valence electrons. The molecule has 8 N–H and O–H groups in total. The minimum Gasteiger partial charge on any atom is -0.491 e. The Bertz CT molecular complexity index is 5020. The Kier molecular flexibility index (Phi) is 23.0. The fraction of sp³-hybridized carbons (Fsp3) is 0.175. The fourth-order valence-corrected chi connectivity index (χ4v) is 11.1. The number of nitro groups is 1. The molecular weight excluding hydrogens is 1280 g/mol. The van der Waals surface area contributed by atoms with Crippen LogP contribution in [0.25, 0.3) is 67.5 Å². The molecule has 8 aromatic carbocycles. The monoisotopic (exact) mass is 1360 g/mol. The number of aliphatic carboxylic acids is 1. The molecule has 0 radical (unpaired) electrons. The van der Waals surface area contributed by atoms with Crippen molar-refractivity contribution in [2.24, 2.45) is 0 Å². The summed E-state index contributed by atoms with van der Waals surface area (Å²) in [5, 5.41) is 19.8. The molecule has 101 heavy (non-hydrogen) atoms. The third-order valence-corrected chi connectivity index (χ3v) is 16.6. The van der Waals surface area contributed by atoms with Crippen LogP contribution in [-0.2, 0) is 37.0 Å². The average molecular weight is 1360 g/mol. The standard InChI is InChI=1S/C22H21N3O4.C20H18N2O2.C19H18N2O4.C19H20N2O2/c1-15-17(24-22(29-15)16-6-3-2-4-7-16)11-13-28-19-9-5-8-18-21(19)23-14-25(18)12-10-20(26)27;1-14-16(12-19(24-14)15-6-3-2-4-7-15)10-11-23-18-9-5-8-17-20(18)22-13-21-17;1-13-15(12-18(25-13)14-6-3-2-4-7-14)10-11-24-17-9-5-8-16(19(17)20)21(22)23;1-13-15(12-18(23-13)14-6-3-2-4-7-14)10-11-22-17-9-5-8-16(20)19(17)21/h2-9,14H,10-13H2,1H3,(H,26,27);2-9,12-13H,10-11H2,1H3,(H,21,22);2-9,12H,10-11,20H2,1H3;2-9,12H,10-11,20-21H2,1H3. The number of nitrogens with zero attached hydrogens (tertiary/aromatic N) is 5. The van der Waals surface area contributed by atoms with Crippen LogP contribution in [0.2, 0.25) is 0 Å². The first-order valence-electron chi connectivity index (χ1n) is 32.9. The molecule has 0 aliphatic heterocycles. The van der Waals surface area contributed by atoms with Crippen LogP contribution in [0.15, 0.2) is 243 Å². The molecule has 6 aromatic heterocycles. The average Bonchev–Trinajstić information content (AvgIpc) is 1.70. The summed E-state index contributed by atoms with van der Waals surface area (Å²) in [6.45, 7) is 10.0. The largest absolute Gasteiger partial charge is 0.491 e. The quantitative estimate of drug-likeness (QED) is 0.0213.